The molecule has 0 bridgehead atoms. The lowest BCUT2D eigenvalue weighted by Crippen LogP contribution is -2.56. The van der Waals surface area contributed by atoms with Gasteiger partial charge in [-0.2, -0.15) is 0 Å². The predicted molar refractivity (Wildman–Crippen MR) is 92.1 cm³/mol. The maximum absolute atomic E-state index is 13.1. The van der Waals surface area contributed by atoms with Gasteiger partial charge in [-0.15, -0.1) is 0 Å². The van der Waals surface area contributed by atoms with Gasteiger partial charge < -0.3 is 10.2 Å². The molecule has 0 radical (unpaired) electrons. The summed E-state index contributed by atoms with van der Waals surface area (Å²) in [4.78, 5) is 26.8. The number of likely N-dealkylation sites (tertiary alicyclic amines) is 1. The fourth-order valence-electron chi connectivity index (χ4n) is 4.06. The van der Waals surface area contributed by atoms with Crippen LogP contribution in [-0.4, -0.2) is 49.4 Å². The number of hydrogen-bond donors (Lipinski definition) is 3. The molecular weight excluding hydrogens is 323 g/mol. The van der Waals surface area contributed by atoms with Gasteiger partial charge in [0.25, 0.3) is 5.91 Å². The normalized spacial score (nSPS) is 29.5. The van der Waals surface area contributed by atoms with Crippen LogP contribution in [0.5, 0.6) is 0 Å². The van der Waals surface area contributed by atoms with E-state index in [1.54, 1.807) is 7.05 Å². The van der Waals surface area contributed by atoms with Crippen molar-refractivity contribution in [3.05, 3.63) is 35.6 Å². The first-order chi connectivity index (χ1) is 11.9. The van der Waals surface area contributed by atoms with Crippen LogP contribution < -0.4 is 16.2 Å². The number of amides is 2. The molecular formula is C18H25FN4O2. The maximum atomic E-state index is 13.1. The van der Waals surface area contributed by atoms with Crippen molar-refractivity contribution in [2.75, 3.05) is 26.7 Å². The number of hydrogen-bond acceptors (Lipinski definition) is 4. The first kappa shape index (κ1) is 17.8. The molecule has 0 saturated carbocycles. The van der Waals surface area contributed by atoms with E-state index in [9.17, 15) is 14.0 Å². The average Bonchev–Trinajstić information content (AvgIpc) is 3.12. The van der Waals surface area contributed by atoms with E-state index in [2.05, 4.69) is 23.1 Å². The zero-order valence-corrected chi connectivity index (χ0v) is 14.6. The van der Waals surface area contributed by atoms with Gasteiger partial charge in [0.15, 0.2) is 0 Å². The summed E-state index contributed by atoms with van der Waals surface area (Å²) in [5, 5.41) is 2.72. The van der Waals surface area contributed by atoms with Gasteiger partial charge in [0.05, 0.1) is 5.92 Å². The number of rotatable bonds is 3. The number of nitrogens with one attached hydrogen (secondary N) is 3. The van der Waals surface area contributed by atoms with Crippen molar-refractivity contribution in [3.63, 3.8) is 0 Å². The molecule has 1 aromatic carbocycles. The van der Waals surface area contributed by atoms with Gasteiger partial charge in [0.2, 0.25) is 5.91 Å². The molecule has 3 rings (SSSR count). The number of nitrogens with zero attached hydrogens (tertiary/aromatic N) is 1. The van der Waals surface area contributed by atoms with Crippen LogP contribution in [-0.2, 0) is 4.79 Å². The van der Waals surface area contributed by atoms with Crippen LogP contribution >= 0.6 is 0 Å². The number of halogens is 1. The second-order valence-electron chi connectivity index (χ2n) is 7.21. The molecule has 2 amide bonds. The van der Waals surface area contributed by atoms with E-state index in [1.165, 1.54) is 24.3 Å². The molecule has 136 valence electrons. The molecule has 3 unspecified atom stereocenters. The summed E-state index contributed by atoms with van der Waals surface area (Å²) in [7, 11) is 1.64. The lowest BCUT2D eigenvalue weighted by molar-refractivity contribution is -0.125. The van der Waals surface area contributed by atoms with Crippen LogP contribution in [0.3, 0.4) is 0 Å². The summed E-state index contributed by atoms with van der Waals surface area (Å²) in [5.74, 6) is -0.607. The second-order valence-corrected chi connectivity index (χ2v) is 7.21. The van der Waals surface area contributed by atoms with Crippen LogP contribution in [0.1, 0.15) is 30.1 Å². The monoisotopic (exact) mass is 348 g/mol. The molecule has 2 fully saturated rings. The van der Waals surface area contributed by atoms with Crippen LogP contribution in [0.15, 0.2) is 24.3 Å². The zero-order valence-electron chi connectivity index (χ0n) is 14.6. The first-order valence-corrected chi connectivity index (χ1v) is 8.69. The van der Waals surface area contributed by atoms with Gasteiger partial charge in [-0.05, 0) is 37.1 Å². The fraction of sp³-hybridized carbons (Fsp3) is 0.556. The maximum Gasteiger partial charge on any atom is 0.253 e. The minimum absolute atomic E-state index is 0.00529. The van der Waals surface area contributed by atoms with Gasteiger partial charge in [0.1, 0.15) is 5.82 Å². The topological polar surface area (TPSA) is 73.5 Å². The number of benzene rings is 1. The summed E-state index contributed by atoms with van der Waals surface area (Å²) in [5.41, 5.74) is 6.60. The van der Waals surface area contributed by atoms with E-state index in [1.807, 2.05) is 4.90 Å². The Morgan fingerprint density at radius 3 is 2.72 bits per heavy atom. The van der Waals surface area contributed by atoms with E-state index < -0.39 is 0 Å². The Labute approximate surface area is 147 Å². The standard InChI is InChI=1S/C18H25FN4O2/c1-18(15-14(10-21-22-15)16(24)20-2)8-3-9-23(11-18)17(25)12-4-6-13(19)7-5-12/h4-7,14-15,21-22H,3,8-11H2,1-2H3,(H,20,24). The Morgan fingerprint density at radius 1 is 1.32 bits per heavy atom. The summed E-state index contributed by atoms with van der Waals surface area (Å²) in [6.45, 7) is 3.94. The molecule has 6 nitrogen and oxygen atoms in total. The van der Waals surface area contributed by atoms with Crippen LogP contribution in [0.25, 0.3) is 0 Å². The third-order valence-corrected chi connectivity index (χ3v) is 5.42. The molecule has 0 aromatic heterocycles. The van der Waals surface area contributed by atoms with Gasteiger partial charge in [-0.3, -0.25) is 20.4 Å². The minimum Gasteiger partial charge on any atom is -0.359 e. The number of carbonyl (C=O) groups excluding carboxylic acids is 2. The third kappa shape index (κ3) is 3.52. The summed E-state index contributed by atoms with van der Waals surface area (Å²) in [6, 6.07) is 5.61. The molecule has 2 aliphatic rings. The van der Waals surface area contributed by atoms with E-state index >= 15 is 0 Å². The second kappa shape index (κ2) is 7.09. The average molecular weight is 348 g/mol. The molecule has 0 spiro atoms. The summed E-state index contributed by atoms with van der Waals surface area (Å²) in [6.07, 6.45) is 1.81. The fourth-order valence-corrected chi connectivity index (χ4v) is 4.06. The summed E-state index contributed by atoms with van der Waals surface area (Å²) < 4.78 is 13.1. The van der Waals surface area contributed by atoms with Crippen molar-refractivity contribution in [2.24, 2.45) is 11.3 Å². The molecule has 25 heavy (non-hydrogen) atoms. The van der Waals surface area contributed by atoms with Crippen LogP contribution in [0.4, 0.5) is 4.39 Å². The Balaban J connectivity index is 1.76. The van der Waals surface area contributed by atoms with Crippen molar-refractivity contribution >= 4 is 11.8 Å². The third-order valence-electron chi connectivity index (χ3n) is 5.42. The van der Waals surface area contributed by atoms with Gasteiger partial charge in [-0.25, -0.2) is 4.39 Å². The van der Waals surface area contributed by atoms with Gasteiger partial charge in [0, 0.05) is 43.7 Å². The van der Waals surface area contributed by atoms with E-state index in [0.717, 1.165) is 12.8 Å². The Morgan fingerprint density at radius 2 is 2.04 bits per heavy atom. The van der Waals surface area contributed by atoms with E-state index in [0.29, 0.717) is 25.2 Å². The van der Waals surface area contributed by atoms with Crippen molar-refractivity contribution in [2.45, 2.75) is 25.8 Å². The Bertz CT molecular complexity index is 651. The lowest BCUT2D eigenvalue weighted by atomic mass is 9.71. The highest BCUT2D eigenvalue weighted by Crippen LogP contribution is 2.37. The van der Waals surface area contributed by atoms with Crippen molar-refractivity contribution in [1.82, 2.24) is 21.1 Å². The summed E-state index contributed by atoms with van der Waals surface area (Å²) >= 11 is 0. The molecule has 1 aromatic rings. The molecule has 3 N–H and O–H groups in total. The van der Waals surface area contributed by atoms with Crippen molar-refractivity contribution in [3.8, 4) is 0 Å². The SMILES string of the molecule is CNC(=O)C1CNNC1C1(C)CCCN(C(=O)c2ccc(F)cc2)C1. The van der Waals surface area contributed by atoms with Crippen molar-refractivity contribution < 1.29 is 14.0 Å². The molecule has 2 aliphatic heterocycles. The molecule has 0 aliphatic carbocycles. The quantitative estimate of drug-likeness (QED) is 0.759. The minimum atomic E-state index is -0.352. The number of carbonyl (C=O) groups is 2. The first-order valence-electron chi connectivity index (χ1n) is 8.69. The zero-order chi connectivity index (χ0) is 18.0. The number of hydrazine groups is 1. The largest absolute Gasteiger partial charge is 0.359 e. The molecule has 2 saturated heterocycles. The molecule has 2 heterocycles. The Kier molecular flexibility index (Phi) is 5.06. The van der Waals surface area contributed by atoms with Gasteiger partial charge >= 0.3 is 0 Å². The number of piperidine rings is 1. The molecule has 3 atom stereocenters. The molecule has 7 heteroatoms. The highest BCUT2D eigenvalue weighted by molar-refractivity contribution is 5.94. The Hall–Kier alpha value is -1.99. The van der Waals surface area contributed by atoms with E-state index in [4.69, 9.17) is 0 Å². The lowest BCUT2D eigenvalue weighted by Gasteiger charge is -2.45. The predicted octanol–water partition coefficient (Wildman–Crippen LogP) is 0.907. The van der Waals surface area contributed by atoms with Gasteiger partial charge in [-0.1, -0.05) is 6.92 Å². The highest BCUT2D eigenvalue weighted by atomic mass is 19.1. The van der Waals surface area contributed by atoms with E-state index in [-0.39, 0.29) is 35.0 Å². The van der Waals surface area contributed by atoms with Crippen LogP contribution in [0.2, 0.25) is 0 Å². The smallest absolute Gasteiger partial charge is 0.253 e. The highest BCUT2D eigenvalue weighted by Gasteiger charge is 2.47. The van der Waals surface area contributed by atoms with Crippen LogP contribution in [0, 0.1) is 17.2 Å². The van der Waals surface area contributed by atoms with Crippen molar-refractivity contribution in [1.29, 1.82) is 0 Å².